The molecule has 1 aliphatic heterocycles. The lowest BCUT2D eigenvalue weighted by molar-refractivity contribution is -0.377. The van der Waals surface area contributed by atoms with Crippen LogP contribution in [0.5, 0.6) is 5.75 Å². The number of allylic oxidation sites excluding steroid dienone is 1. The van der Waals surface area contributed by atoms with Crippen LogP contribution in [0, 0.1) is 5.92 Å². The number of ether oxygens (including phenoxy) is 1. The van der Waals surface area contributed by atoms with Gasteiger partial charge in [0, 0.05) is 24.3 Å². The number of ketones is 1. The van der Waals surface area contributed by atoms with Crippen LogP contribution >= 0.6 is 0 Å². The third kappa shape index (κ3) is 6.34. The second kappa shape index (κ2) is 10.9. The van der Waals surface area contributed by atoms with E-state index in [1.54, 1.807) is 25.3 Å². The van der Waals surface area contributed by atoms with Crippen molar-refractivity contribution in [2.75, 3.05) is 7.11 Å². The molecule has 1 atom stereocenters. The Hall–Kier alpha value is -2.99. The molecule has 1 fully saturated rings. The summed E-state index contributed by atoms with van der Waals surface area (Å²) in [4.78, 5) is 26.7. The summed E-state index contributed by atoms with van der Waals surface area (Å²) in [6, 6.07) is 11.1. The number of aliphatic hydroxyl groups is 1. The molecule has 1 aliphatic rings. The average Bonchev–Trinajstić information content (AvgIpc) is 2.66. The zero-order valence-electron chi connectivity index (χ0n) is 14.7. The van der Waals surface area contributed by atoms with Gasteiger partial charge in [-0.3, -0.25) is 9.59 Å². The Morgan fingerprint density at radius 1 is 1.22 bits per heavy atom. The van der Waals surface area contributed by atoms with Gasteiger partial charge in [-0.2, -0.15) is 0 Å². The first kappa shape index (κ1) is 22.1. The van der Waals surface area contributed by atoms with Gasteiger partial charge in [0.25, 0.3) is 0 Å². The van der Waals surface area contributed by atoms with Crippen molar-refractivity contribution in [3.63, 3.8) is 0 Å². The molecule has 1 unspecified atom stereocenters. The number of nitrogens with one attached hydrogen (secondary N) is 2. The van der Waals surface area contributed by atoms with Gasteiger partial charge in [-0.05, 0) is 29.7 Å². The zero-order valence-corrected chi connectivity index (χ0v) is 14.7. The minimum absolute atomic E-state index is 0. The zero-order chi connectivity index (χ0) is 18.9. The quantitative estimate of drug-likeness (QED) is 0.806. The van der Waals surface area contributed by atoms with Gasteiger partial charge in [0.05, 0.1) is 13.7 Å². The van der Waals surface area contributed by atoms with E-state index in [1.807, 2.05) is 30.6 Å². The highest BCUT2D eigenvalue weighted by molar-refractivity contribution is 6.05. The topological polar surface area (TPSA) is 89.8 Å². The van der Waals surface area contributed by atoms with Gasteiger partial charge in [-0.1, -0.05) is 26.1 Å². The number of benzene rings is 1. The van der Waals surface area contributed by atoms with E-state index in [2.05, 4.69) is 16.9 Å². The van der Waals surface area contributed by atoms with E-state index in [0.29, 0.717) is 17.0 Å². The summed E-state index contributed by atoms with van der Waals surface area (Å²) in [6.07, 6.45) is 4.19. The molecule has 2 aromatic rings. The van der Waals surface area contributed by atoms with Gasteiger partial charge >= 0.3 is 0 Å². The van der Waals surface area contributed by atoms with Crippen LogP contribution in [0.2, 0.25) is 0 Å². The van der Waals surface area contributed by atoms with Crippen molar-refractivity contribution in [1.82, 2.24) is 5.32 Å². The maximum absolute atomic E-state index is 11.9. The Morgan fingerprint density at radius 2 is 1.93 bits per heavy atom. The molecule has 6 nitrogen and oxygen atoms in total. The summed E-state index contributed by atoms with van der Waals surface area (Å²) in [6.45, 7) is 3.44. The SMILES string of the molecule is C.C=C1CC(=O)C(Cc2ccc(OC)cc2CO)C(=O)N1.c1cc[nH+]cc1. The van der Waals surface area contributed by atoms with E-state index in [4.69, 9.17) is 4.74 Å². The number of hydrogen-bond donors (Lipinski definition) is 2. The summed E-state index contributed by atoms with van der Waals surface area (Å²) in [5, 5.41) is 12.0. The van der Waals surface area contributed by atoms with Crippen LogP contribution in [0.4, 0.5) is 0 Å². The molecule has 27 heavy (non-hydrogen) atoms. The number of carbonyl (C=O) groups is 2. The van der Waals surface area contributed by atoms with Crippen molar-refractivity contribution in [1.29, 1.82) is 0 Å². The number of pyridine rings is 1. The number of aliphatic hydroxyl groups excluding tert-OH is 1. The van der Waals surface area contributed by atoms with Crippen molar-refractivity contribution >= 4 is 11.7 Å². The Balaban J connectivity index is 0.000000444. The molecular formula is C21H27N2O4+. The van der Waals surface area contributed by atoms with Gasteiger partial charge in [-0.15, -0.1) is 0 Å². The molecule has 1 aromatic heterocycles. The number of rotatable bonds is 4. The Morgan fingerprint density at radius 3 is 2.41 bits per heavy atom. The molecule has 0 aliphatic carbocycles. The highest BCUT2D eigenvalue weighted by Crippen LogP contribution is 2.23. The van der Waals surface area contributed by atoms with Crippen molar-refractivity contribution in [2.24, 2.45) is 5.92 Å². The molecule has 0 radical (unpaired) electrons. The number of piperidine rings is 1. The molecule has 0 bridgehead atoms. The lowest BCUT2D eigenvalue weighted by Gasteiger charge is -2.23. The Bertz CT molecular complexity index is 728. The highest BCUT2D eigenvalue weighted by atomic mass is 16.5. The molecule has 1 amide bonds. The molecule has 144 valence electrons. The number of amides is 1. The number of carbonyl (C=O) groups excluding carboxylic acids is 2. The number of Topliss-reactive ketones (excluding diaryl/α,β-unsaturated/α-hetero) is 1. The largest absolute Gasteiger partial charge is 0.497 e. The van der Waals surface area contributed by atoms with Crippen LogP contribution < -0.4 is 15.0 Å². The minimum atomic E-state index is -0.723. The smallest absolute Gasteiger partial charge is 0.235 e. The van der Waals surface area contributed by atoms with Crippen molar-refractivity contribution in [2.45, 2.75) is 26.9 Å². The molecule has 1 aromatic carbocycles. The first-order chi connectivity index (χ1) is 12.5. The number of aromatic nitrogens is 1. The molecule has 2 heterocycles. The summed E-state index contributed by atoms with van der Waals surface area (Å²) < 4.78 is 5.09. The fourth-order valence-corrected chi connectivity index (χ4v) is 2.63. The third-order valence-corrected chi connectivity index (χ3v) is 4.01. The second-order valence-electron chi connectivity index (χ2n) is 5.86. The predicted molar refractivity (Wildman–Crippen MR) is 103 cm³/mol. The molecule has 3 N–H and O–H groups in total. The van der Waals surface area contributed by atoms with Gasteiger partial charge < -0.3 is 15.2 Å². The first-order valence-corrected chi connectivity index (χ1v) is 8.24. The van der Waals surface area contributed by atoms with E-state index in [9.17, 15) is 14.7 Å². The van der Waals surface area contributed by atoms with Gasteiger partial charge in [0.1, 0.15) is 11.7 Å². The standard InChI is InChI=1S/C15H17NO4.C5H5N.CH4/c1-9-5-14(18)13(15(19)16-9)7-10-3-4-12(20-2)6-11(10)8-17;1-2-4-6-5-3-1;/h3-4,6,13,17H,1,5,7-8H2,2H3,(H,16,19);1-5H;1H4/p+1. The van der Waals surface area contributed by atoms with Crippen molar-refractivity contribution in [3.05, 3.63) is 72.2 Å². The molecule has 6 heteroatoms. The normalized spacial score (nSPS) is 15.8. The molecule has 1 saturated heterocycles. The number of H-pyrrole nitrogens is 1. The summed E-state index contributed by atoms with van der Waals surface area (Å²) in [5.41, 5.74) is 1.87. The van der Waals surface area contributed by atoms with Crippen LogP contribution in [0.1, 0.15) is 25.0 Å². The third-order valence-electron chi connectivity index (χ3n) is 4.01. The molecule has 0 spiro atoms. The van der Waals surface area contributed by atoms with Gasteiger partial charge in [0.15, 0.2) is 18.2 Å². The number of hydrogen-bond acceptors (Lipinski definition) is 4. The molecule has 0 saturated carbocycles. The summed E-state index contributed by atoms with van der Waals surface area (Å²) >= 11 is 0. The highest BCUT2D eigenvalue weighted by Gasteiger charge is 2.32. The van der Waals surface area contributed by atoms with Crippen LogP contribution in [0.25, 0.3) is 0 Å². The minimum Gasteiger partial charge on any atom is -0.497 e. The monoisotopic (exact) mass is 371 g/mol. The molecular weight excluding hydrogens is 344 g/mol. The lowest BCUT2D eigenvalue weighted by Crippen LogP contribution is -2.42. The Labute approximate surface area is 159 Å². The van der Waals surface area contributed by atoms with E-state index >= 15 is 0 Å². The van der Waals surface area contributed by atoms with Crippen molar-refractivity contribution in [3.8, 4) is 5.75 Å². The van der Waals surface area contributed by atoms with Crippen LogP contribution in [0.3, 0.4) is 0 Å². The molecule has 3 rings (SSSR count). The van der Waals surface area contributed by atoms with Crippen LogP contribution in [0.15, 0.2) is 61.1 Å². The fourth-order valence-electron chi connectivity index (χ4n) is 2.63. The summed E-state index contributed by atoms with van der Waals surface area (Å²) in [7, 11) is 1.54. The second-order valence-corrected chi connectivity index (χ2v) is 5.86. The van der Waals surface area contributed by atoms with Gasteiger partial charge in [0.2, 0.25) is 5.91 Å². The van der Waals surface area contributed by atoms with E-state index in [-0.39, 0.29) is 38.6 Å². The Kier molecular flexibility index (Phi) is 8.89. The number of aromatic amines is 1. The van der Waals surface area contributed by atoms with E-state index in [1.165, 1.54) is 0 Å². The average molecular weight is 371 g/mol. The maximum Gasteiger partial charge on any atom is 0.235 e. The predicted octanol–water partition coefficient (Wildman–Crippen LogP) is 2.09. The lowest BCUT2D eigenvalue weighted by atomic mass is 9.87. The fraction of sp³-hybridized carbons (Fsp3) is 0.286. The van der Waals surface area contributed by atoms with E-state index < -0.39 is 5.92 Å². The van der Waals surface area contributed by atoms with Crippen LogP contribution in [-0.4, -0.2) is 23.9 Å². The summed E-state index contributed by atoms with van der Waals surface area (Å²) in [5.74, 6) is -0.561. The van der Waals surface area contributed by atoms with E-state index in [0.717, 1.165) is 5.56 Å². The number of methoxy groups -OCH3 is 1. The maximum atomic E-state index is 11.9. The first-order valence-electron chi connectivity index (χ1n) is 8.24. The van der Waals surface area contributed by atoms with Crippen LogP contribution in [-0.2, 0) is 22.6 Å². The van der Waals surface area contributed by atoms with Crippen molar-refractivity contribution < 1.29 is 24.4 Å². The van der Waals surface area contributed by atoms with Gasteiger partial charge in [-0.25, -0.2) is 4.98 Å².